The highest BCUT2D eigenvalue weighted by molar-refractivity contribution is 9.10. The van der Waals surface area contributed by atoms with Crippen LogP contribution < -0.4 is 5.73 Å². The minimum atomic E-state index is -4.72. The summed E-state index contributed by atoms with van der Waals surface area (Å²) in [6, 6.07) is 9.80. The first kappa shape index (κ1) is 16.0. The Bertz CT molecular complexity index is 665. The second kappa shape index (κ2) is 5.42. The number of alkyl halides is 3. The fraction of sp³-hybridized carbons (Fsp3) is 0.200. The highest BCUT2D eigenvalue weighted by Crippen LogP contribution is 2.36. The molecule has 1 atom stereocenters. The summed E-state index contributed by atoms with van der Waals surface area (Å²) in [5, 5.41) is 0. The van der Waals surface area contributed by atoms with Crippen molar-refractivity contribution in [1.29, 1.82) is 0 Å². The summed E-state index contributed by atoms with van der Waals surface area (Å²) in [6.07, 6.45) is -4.72. The Kier molecular flexibility index (Phi) is 4.13. The van der Waals surface area contributed by atoms with E-state index in [1.165, 1.54) is 6.07 Å². The van der Waals surface area contributed by atoms with E-state index in [2.05, 4.69) is 15.9 Å². The molecule has 21 heavy (non-hydrogen) atoms. The van der Waals surface area contributed by atoms with Crippen molar-refractivity contribution in [3.63, 3.8) is 0 Å². The maximum atomic E-state index is 13.7. The van der Waals surface area contributed by atoms with Crippen molar-refractivity contribution >= 4 is 15.9 Å². The van der Waals surface area contributed by atoms with Crippen LogP contribution >= 0.6 is 15.9 Å². The van der Waals surface area contributed by atoms with E-state index < -0.39 is 23.1 Å². The first-order valence-electron chi connectivity index (χ1n) is 6.05. The van der Waals surface area contributed by atoms with Gasteiger partial charge in [0.15, 0.2) is 0 Å². The molecule has 6 heteroatoms. The number of benzene rings is 2. The molecular weight excluding hydrogens is 350 g/mol. The zero-order valence-electron chi connectivity index (χ0n) is 11.0. The molecule has 0 spiro atoms. The molecule has 0 heterocycles. The zero-order chi connectivity index (χ0) is 15.8. The third-order valence-corrected chi connectivity index (χ3v) is 4.00. The minimum Gasteiger partial charge on any atom is -0.318 e. The fourth-order valence-electron chi connectivity index (χ4n) is 2.11. The lowest BCUT2D eigenvalue weighted by molar-refractivity contribution is -0.140. The van der Waals surface area contributed by atoms with Gasteiger partial charge < -0.3 is 5.73 Å². The molecule has 0 radical (unpaired) electrons. The van der Waals surface area contributed by atoms with Gasteiger partial charge in [0.1, 0.15) is 5.82 Å². The lowest BCUT2D eigenvalue weighted by Crippen LogP contribution is -2.35. The summed E-state index contributed by atoms with van der Waals surface area (Å²) in [4.78, 5) is 0. The Balaban J connectivity index is 2.52. The lowest BCUT2D eigenvalue weighted by atomic mass is 9.85. The minimum absolute atomic E-state index is 0.264. The molecule has 0 amide bonds. The second-order valence-electron chi connectivity index (χ2n) is 4.87. The summed E-state index contributed by atoms with van der Waals surface area (Å²) in [6.45, 7) is 1.62. The Morgan fingerprint density at radius 2 is 1.62 bits per heavy atom. The van der Waals surface area contributed by atoms with Gasteiger partial charge in [-0.1, -0.05) is 40.2 Å². The van der Waals surface area contributed by atoms with Gasteiger partial charge in [-0.15, -0.1) is 0 Å². The van der Waals surface area contributed by atoms with Crippen LogP contribution in [0.4, 0.5) is 17.6 Å². The molecule has 2 rings (SSSR count). The Labute approximate surface area is 127 Å². The maximum Gasteiger partial charge on any atom is 0.419 e. The highest BCUT2D eigenvalue weighted by Gasteiger charge is 2.35. The van der Waals surface area contributed by atoms with Crippen molar-refractivity contribution in [3.8, 4) is 0 Å². The summed E-state index contributed by atoms with van der Waals surface area (Å²) in [5.74, 6) is -1.33. The molecular formula is C15H12BrF4N. The van der Waals surface area contributed by atoms with Crippen LogP contribution in [0, 0.1) is 5.82 Å². The third-order valence-electron chi connectivity index (χ3n) is 3.31. The second-order valence-corrected chi connectivity index (χ2v) is 5.73. The molecule has 2 N–H and O–H groups in total. The van der Waals surface area contributed by atoms with Crippen molar-refractivity contribution in [1.82, 2.24) is 0 Å². The quantitative estimate of drug-likeness (QED) is 0.761. The molecule has 0 saturated heterocycles. The average molecular weight is 362 g/mol. The Hall–Kier alpha value is -1.40. The molecule has 2 aromatic carbocycles. The topological polar surface area (TPSA) is 26.0 Å². The average Bonchev–Trinajstić information content (AvgIpc) is 2.37. The van der Waals surface area contributed by atoms with E-state index in [0.717, 1.165) is 6.07 Å². The van der Waals surface area contributed by atoms with Gasteiger partial charge in [0.2, 0.25) is 0 Å². The Morgan fingerprint density at radius 1 is 1.00 bits per heavy atom. The van der Waals surface area contributed by atoms with Crippen LogP contribution in [0.25, 0.3) is 0 Å². The normalized spacial score (nSPS) is 14.8. The van der Waals surface area contributed by atoms with Crippen LogP contribution in [-0.4, -0.2) is 0 Å². The molecule has 0 aliphatic rings. The van der Waals surface area contributed by atoms with Crippen LogP contribution in [0.3, 0.4) is 0 Å². The van der Waals surface area contributed by atoms with Crippen molar-refractivity contribution in [2.45, 2.75) is 18.6 Å². The van der Waals surface area contributed by atoms with Gasteiger partial charge >= 0.3 is 6.18 Å². The summed E-state index contributed by atoms with van der Waals surface area (Å²) < 4.78 is 52.2. The third kappa shape index (κ3) is 3.11. The molecule has 112 valence electrons. The van der Waals surface area contributed by atoms with Crippen LogP contribution in [0.5, 0.6) is 0 Å². The fourth-order valence-corrected chi connectivity index (χ4v) is 2.80. The molecule has 1 unspecified atom stereocenters. The van der Waals surface area contributed by atoms with E-state index in [1.54, 1.807) is 31.2 Å². The van der Waals surface area contributed by atoms with Gasteiger partial charge in [-0.3, -0.25) is 0 Å². The molecule has 0 saturated carbocycles. The number of halogens is 5. The first-order valence-corrected chi connectivity index (χ1v) is 6.84. The van der Waals surface area contributed by atoms with Crippen molar-refractivity contribution < 1.29 is 17.6 Å². The van der Waals surface area contributed by atoms with E-state index in [-0.39, 0.29) is 5.56 Å². The van der Waals surface area contributed by atoms with Crippen LogP contribution in [-0.2, 0) is 11.7 Å². The van der Waals surface area contributed by atoms with E-state index in [9.17, 15) is 17.6 Å². The van der Waals surface area contributed by atoms with Gasteiger partial charge in [0.05, 0.1) is 11.1 Å². The smallest absolute Gasteiger partial charge is 0.318 e. The van der Waals surface area contributed by atoms with Gasteiger partial charge in [0.25, 0.3) is 0 Å². The number of nitrogens with two attached hydrogens (primary N) is 1. The molecule has 0 fully saturated rings. The van der Waals surface area contributed by atoms with Crippen molar-refractivity contribution in [3.05, 3.63) is 69.4 Å². The summed E-state index contributed by atoms with van der Waals surface area (Å²) >= 11 is 3.34. The largest absolute Gasteiger partial charge is 0.419 e. The van der Waals surface area contributed by atoms with E-state index >= 15 is 0 Å². The SMILES string of the molecule is CC(N)(c1ccc(C(F)(F)F)c(F)c1)c1ccccc1Br. The summed E-state index contributed by atoms with van der Waals surface area (Å²) in [5.41, 5.74) is 4.71. The van der Waals surface area contributed by atoms with Crippen molar-refractivity contribution in [2.24, 2.45) is 5.73 Å². The van der Waals surface area contributed by atoms with Crippen molar-refractivity contribution in [2.75, 3.05) is 0 Å². The van der Waals surface area contributed by atoms with E-state index in [0.29, 0.717) is 16.1 Å². The van der Waals surface area contributed by atoms with Gasteiger partial charge in [-0.25, -0.2) is 4.39 Å². The monoisotopic (exact) mass is 361 g/mol. The van der Waals surface area contributed by atoms with Gasteiger partial charge in [-0.2, -0.15) is 13.2 Å². The molecule has 1 nitrogen and oxygen atoms in total. The predicted octanol–water partition coefficient (Wildman–Crippen LogP) is 4.83. The Morgan fingerprint density at radius 3 is 2.14 bits per heavy atom. The predicted molar refractivity (Wildman–Crippen MR) is 76.2 cm³/mol. The number of rotatable bonds is 2. The molecule has 0 bridgehead atoms. The maximum absolute atomic E-state index is 13.7. The number of hydrogen-bond acceptors (Lipinski definition) is 1. The van der Waals surface area contributed by atoms with Gasteiger partial charge in [-0.05, 0) is 36.2 Å². The van der Waals surface area contributed by atoms with Crippen LogP contribution in [0.1, 0.15) is 23.6 Å². The standard InChI is InChI=1S/C15H12BrF4N/c1-14(21,10-4-2-3-5-12(10)16)9-6-7-11(13(17)8-9)15(18,19)20/h2-8H,21H2,1H3. The number of hydrogen-bond donors (Lipinski definition) is 1. The van der Waals surface area contributed by atoms with Crippen LogP contribution in [0.2, 0.25) is 0 Å². The highest BCUT2D eigenvalue weighted by atomic mass is 79.9. The molecule has 0 aromatic heterocycles. The summed E-state index contributed by atoms with van der Waals surface area (Å²) in [7, 11) is 0. The molecule has 0 aliphatic heterocycles. The zero-order valence-corrected chi connectivity index (χ0v) is 12.6. The first-order chi connectivity index (χ1) is 9.64. The van der Waals surface area contributed by atoms with Gasteiger partial charge in [0, 0.05) is 4.47 Å². The van der Waals surface area contributed by atoms with E-state index in [1.807, 2.05) is 0 Å². The van der Waals surface area contributed by atoms with Crippen LogP contribution in [0.15, 0.2) is 46.9 Å². The molecule has 2 aromatic rings. The molecule has 0 aliphatic carbocycles. The lowest BCUT2D eigenvalue weighted by Gasteiger charge is -2.27. The van der Waals surface area contributed by atoms with E-state index in [4.69, 9.17) is 5.73 Å².